The second-order valence-electron chi connectivity index (χ2n) is 5.12. The summed E-state index contributed by atoms with van der Waals surface area (Å²) in [6, 6.07) is 2.66. The number of carbonyl (C=O) groups excluding carboxylic acids is 2. The van der Waals surface area contributed by atoms with Gasteiger partial charge in [-0.3, -0.25) is 10.1 Å². The van der Waals surface area contributed by atoms with Gasteiger partial charge in [-0.2, -0.15) is 0 Å². The number of esters is 2. The second kappa shape index (κ2) is 7.83. The molecule has 2 rings (SSSR count). The highest BCUT2D eigenvalue weighted by atomic mass is 35.5. The van der Waals surface area contributed by atoms with E-state index < -0.39 is 16.9 Å². The number of nitrogens with zero attached hydrogens (tertiary/aromatic N) is 2. The Hall–Kier alpha value is -3.13. The molecule has 1 aromatic rings. The van der Waals surface area contributed by atoms with Crippen LogP contribution >= 0.6 is 11.6 Å². The summed E-state index contributed by atoms with van der Waals surface area (Å²) in [6.07, 6.45) is 6.07. The van der Waals surface area contributed by atoms with Crippen molar-refractivity contribution in [1.82, 2.24) is 0 Å². The number of carbonyl (C=O) groups is 2. The molecule has 0 fully saturated rings. The Morgan fingerprint density at radius 3 is 2.38 bits per heavy atom. The molecule has 9 heteroatoms. The minimum Gasteiger partial charge on any atom is -0.465 e. The molecule has 1 aliphatic heterocycles. The molecule has 1 heterocycles. The topological polar surface area (TPSA) is 99.0 Å². The second-order valence-corrected chi connectivity index (χ2v) is 5.49. The Morgan fingerprint density at radius 1 is 1.15 bits per heavy atom. The number of hydrogen-bond acceptors (Lipinski definition) is 7. The number of nitro groups is 1. The lowest BCUT2D eigenvalue weighted by atomic mass is 10.1. The van der Waals surface area contributed by atoms with E-state index in [1.807, 2.05) is 0 Å². The number of anilines is 1. The lowest BCUT2D eigenvalue weighted by Crippen LogP contribution is -2.27. The molecule has 0 atom stereocenters. The summed E-state index contributed by atoms with van der Waals surface area (Å²) < 4.78 is 9.53. The molecule has 0 aliphatic carbocycles. The molecular weight excluding hydrogens is 364 g/mol. The number of methoxy groups -OCH3 is 2. The number of benzene rings is 1. The minimum atomic E-state index is -0.782. The van der Waals surface area contributed by atoms with Gasteiger partial charge in [0.25, 0.3) is 5.69 Å². The number of halogens is 1. The van der Waals surface area contributed by atoms with Gasteiger partial charge in [0, 0.05) is 12.3 Å². The van der Waals surface area contributed by atoms with Gasteiger partial charge >= 0.3 is 11.9 Å². The standard InChI is InChI=1S/C17H15ClN2O6/c1-10-12(7-8-13(14(10)18)20(23)24)19-9-5-4-6-11(16(21)25-2)15(19)17(22)26-3/h4-9H,1-3H3. The maximum atomic E-state index is 12.4. The van der Waals surface area contributed by atoms with Crippen molar-refractivity contribution >= 4 is 34.9 Å². The first-order chi connectivity index (χ1) is 12.3. The molecule has 0 saturated heterocycles. The largest absolute Gasteiger partial charge is 0.465 e. The molecule has 26 heavy (non-hydrogen) atoms. The van der Waals surface area contributed by atoms with Gasteiger partial charge in [-0.25, -0.2) is 9.59 Å². The van der Waals surface area contributed by atoms with Crippen molar-refractivity contribution in [3.8, 4) is 0 Å². The third-order valence-electron chi connectivity index (χ3n) is 3.68. The van der Waals surface area contributed by atoms with E-state index >= 15 is 0 Å². The fourth-order valence-electron chi connectivity index (χ4n) is 2.41. The van der Waals surface area contributed by atoms with Gasteiger partial charge in [-0.15, -0.1) is 0 Å². The van der Waals surface area contributed by atoms with Crippen LogP contribution in [0.25, 0.3) is 0 Å². The van der Waals surface area contributed by atoms with Gasteiger partial charge in [0.2, 0.25) is 0 Å². The van der Waals surface area contributed by atoms with E-state index in [9.17, 15) is 19.7 Å². The molecule has 0 N–H and O–H groups in total. The summed E-state index contributed by atoms with van der Waals surface area (Å²) in [7, 11) is 2.37. The van der Waals surface area contributed by atoms with Crippen LogP contribution in [0.4, 0.5) is 11.4 Å². The molecule has 0 aromatic heterocycles. The van der Waals surface area contributed by atoms with Gasteiger partial charge < -0.3 is 14.4 Å². The molecule has 136 valence electrons. The van der Waals surface area contributed by atoms with Crippen LogP contribution in [0, 0.1) is 17.0 Å². The van der Waals surface area contributed by atoms with Crippen LogP contribution in [0.1, 0.15) is 5.56 Å². The average molecular weight is 379 g/mol. The Labute approximate surface area is 154 Å². The zero-order chi connectivity index (χ0) is 19.4. The molecule has 0 radical (unpaired) electrons. The number of hydrogen-bond donors (Lipinski definition) is 0. The Morgan fingerprint density at radius 2 is 1.81 bits per heavy atom. The quantitative estimate of drug-likeness (QED) is 0.451. The Kier molecular flexibility index (Phi) is 5.78. The van der Waals surface area contributed by atoms with Crippen LogP contribution in [-0.2, 0) is 19.1 Å². The summed E-state index contributed by atoms with van der Waals surface area (Å²) in [5.41, 5.74) is 0.345. The van der Waals surface area contributed by atoms with E-state index in [-0.39, 0.29) is 22.0 Å². The van der Waals surface area contributed by atoms with Gasteiger partial charge in [0.15, 0.2) is 0 Å². The lowest BCUT2D eigenvalue weighted by molar-refractivity contribution is -0.384. The maximum Gasteiger partial charge on any atom is 0.355 e. The molecule has 0 amide bonds. The van der Waals surface area contributed by atoms with Gasteiger partial charge in [0.05, 0.1) is 30.4 Å². The Balaban J connectivity index is 2.74. The van der Waals surface area contributed by atoms with Gasteiger partial charge in [-0.05, 0) is 30.7 Å². The van der Waals surface area contributed by atoms with Gasteiger partial charge in [0.1, 0.15) is 10.7 Å². The monoisotopic (exact) mass is 378 g/mol. The molecule has 0 bridgehead atoms. The smallest absolute Gasteiger partial charge is 0.355 e. The van der Waals surface area contributed by atoms with Crippen molar-refractivity contribution in [3.05, 3.63) is 68.5 Å². The van der Waals surface area contributed by atoms with E-state index in [0.29, 0.717) is 11.3 Å². The normalized spacial score (nSPS) is 13.5. The summed E-state index contributed by atoms with van der Waals surface area (Å²) in [6.45, 7) is 1.57. The molecule has 0 spiro atoms. The van der Waals surface area contributed by atoms with Crippen molar-refractivity contribution in [2.75, 3.05) is 19.1 Å². The minimum absolute atomic E-state index is 0.0294. The van der Waals surface area contributed by atoms with E-state index in [0.717, 1.165) is 0 Å². The molecular formula is C17H15ClN2O6. The van der Waals surface area contributed by atoms with Crippen LogP contribution in [0.2, 0.25) is 5.02 Å². The van der Waals surface area contributed by atoms with Gasteiger partial charge in [-0.1, -0.05) is 17.7 Å². The number of ether oxygens (including phenoxy) is 2. The summed E-state index contributed by atoms with van der Waals surface area (Å²) in [4.78, 5) is 36.3. The third-order valence-corrected chi connectivity index (χ3v) is 4.16. The summed E-state index contributed by atoms with van der Waals surface area (Å²) >= 11 is 6.11. The number of nitro benzene ring substituents is 1. The summed E-state index contributed by atoms with van der Waals surface area (Å²) in [5, 5.41) is 11.0. The fourth-order valence-corrected chi connectivity index (χ4v) is 2.64. The highest BCUT2D eigenvalue weighted by Gasteiger charge is 2.29. The Bertz CT molecular complexity index is 872. The highest BCUT2D eigenvalue weighted by molar-refractivity contribution is 6.33. The zero-order valence-corrected chi connectivity index (χ0v) is 14.9. The van der Waals surface area contributed by atoms with E-state index in [2.05, 4.69) is 0 Å². The molecule has 8 nitrogen and oxygen atoms in total. The van der Waals surface area contributed by atoms with Crippen LogP contribution in [0.15, 0.2) is 47.8 Å². The fraction of sp³-hybridized carbons (Fsp3) is 0.176. The number of rotatable bonds is 4. The van der Waals surface area contributed by atoms with Crippen molar-refractivity contribution < 1.29 is 24.0 Å². The first-order valence-corrected chi connectivity index (χ1v) is 7.69. The van der Waals surface area contributed by atoms with E-state index in [4.69, 9.17) is 21.1 Å². The lowest BCUT2D eigenvalue weighted by Gasteiger charge is -2.25. The SMILES string of the molecule is COC(=O)C1=C(C(=O)OC)N(c2ccc([N+](=O)[O-])c(Cl)c2C)C=CC=C1. The third kappa shape index (κ3) is 3.45. The molecule has 0 saturated carbocycles. The van der Waals surface area contributed by atoms with Crippen molar-refractivity contribution in [2.45, 2.75) is 6.92 Å². The van der Waals surface area contributed by atoms with E-state index in [1.54, 1.807) is 19.1 Å². The summed E-state index contributed by atoms with van der Waals surface area (Å²) in [5.74, 6) is -1.52. The maximum absolute atomic E-state index is 12.4. The van der Waals surface area contributed by atoms with Crippen molar-refractivity contribution in [2.24, 2.45) is 0 Å². The van der Waals surface area contributed by atoms with Crippen LogP contribution < -0.4 is 4.90 Å². The van der Waals surface area contributed by atoms with Crippen molar-refractivity contribution in [3.63, 3.8) is 0 Å². The molecule has 1 aliphatic rings. The van der Waals surface area contributed by atoms with Crippen molar-refractivity contribution in [1.29, 1.82) is 0 Å². The van der Waals surface area contributed by atoms with Crippen LogP contribution in [0.3, 0.4) is 0 Å². The average Bonchev–Trinajstić information content (AvgIpc) is 2.85. The molecule has 1 aromatic carbocycles. The zero-order valence-electron chi connectivity index (χ0n) is 14.2. The van der Waals surface area contributed by atoms with E-state index in [1.165, 1.54) is 43.5 Å². The van der Waals surface area contributed by atoms with Crippen LogP contribution in [-0.4, -0.2) is 31.1 Å². The van der Waals surface area contributed by atoms with Crippen LogP contribution in [0.5, 0.6) is 0 Å². The highest BCUT2D eigenvalue weighted by Crippen LogP contribution is 2.37. The molecule has 0 unspecified atom stereocenters. The first-order valence-electron chi connectivity index (χ1n) is 7.32. The number of allylic oxidation sites excluding steroid dienone is 2. The predicted molar refractivity (Wildman–Crippen MR) is 94.7 cm³/mol. The predicted octanol–water partition coefficient (Wildman–Crippen LogP) is 3.05. The first kappa shape index (κ1) is 19.2.